The Morgan fingerprint density at radius 2 is 0.909 bits per heavy atom. The first-order chi connectivity index (χ1) is 26.4. The van der Waals surface area contributed by atoms with Crippen LogP contribution in [0.3, 0.4) is 0 Å². The van der Waals surface area contributed by atoms with Gasteiger partial charge in [-0.25, -0.2) is 15.0 Å². The summed E-state index contributed by atoms with van der Waals surface area (Å²) in [7, 11) is 0. The van der Waals surface area contributed by atoms with Crippen molar-refractivity contribution >= 4 is 21.8 Å². The van der Waals surface area contributed by atoms with E-state index in [1.807, 2.05) is 60.7 Å². The van der Waals surface area contributed by atoms with Gasteiger partial charge in [-0.15, -0.1) is 0 Å². The van der Waals surface area contributed by atoms with Gasteiger partial charge in [-0.2, -0.15) is 36.9 Å². The molecule has 6 nitrogen and oxygen atoms in total. The molecule has 0 amide bonds. The lowest BCUT2D eigenvalue weighted by atomic mass is 9.96. The summed E-state index contributed by atoms with van der Waals surface area (Å²) in [5, 5.41) is 20.5. The first kappa shape index (κ1) is 34.8. The molecule has 2 aromatic heterocycles. The normalized spacial score (nSPS) is 11.8. The molecule has 0 atom stereocenters. The summed E-state index contributed by atoms with van der Waals surface area (Å²) in [6.07, 6.45) is -10.2. The molecule has 6 aromatic carbocycles. The molecule has 8 aromatic rings. The Hall–Kier alpha value is -7.31. The van der Waals surface area contributed by atoms with E-state index in [1.54, 1.807) is 53.1 Å². The van der Waals surface area contributed by atoms with Crippen LogP contribution in [0.25, 0.3) is 72.8 Å². The summed E-state index contributed by atoms with van der Waals surface area (Å²) in [4.78, 5) is 14.3. The average Bonchev–Trinajstić information content (AvgIpc) is 3.53. The number of nitrogens with zero attached hydrogens (tertiary/aromatic N) is 6. The zero-order valence-corrected chi connectivity index (χ0v) is 28.2. The summed E-state index contributed by atoms with van der Waals surface area (Å²) in [6.45, 7) is 0. The molecule has 0 fully saturated rings. The summed E-state index contributed by atoms with van der Waals surface area (Å²) in [5.41, 5.74) is 0.296. The maximum Gasteiger partial charge on any atom is 0.416 e. The number of benzene rings is 6. The minimum absolute atomic E-state index is 0.0356. The number of rotatable bonds is 5. The molecule has 0 aliphatic heterocycles. The highest BCUT2D eigenvalue weighted by Crippen LogP contribution is 2.43. The number of hydrogen-bond donors (Lipinski definition) is 0. The van der Waals surface area contributed by atoms with Crippen LogP contribution in [0, 0.1) is 22.7 Å². The second kappa shape index (κ2) is 13.3. The van der Waals surface area contributed by atoms with Crippen molar-refractivity contribution in [2.75, 3.05) is 0 Å². The zero-order chi connectivity index (χ0) is 38.5. The molecule has 8 rings (SSSR count). The van der Waals surface area contributed by atoms with E-state index in [0.717, 1.165) is 0 Å². The third kappa shape index (κ3) is 6.51. The largest absolute Gasteiger partial charge is 0.416 e. The number of halogens is 6. The molecule has 2 heterocycles. The van der Waals surface area contributed by atoms with Gasteiger partial charge in [0.2, 0.25) is 0 Å². The fraction of sp³-hybridized carbons (Fsp3) is 0.0465. The van der Waals surface area contributed by atoms with Crippen LogP contribution in [0.1, 0.15) is 22.3 Å². The Bertz CT molecular complexity index is 2710. The fourth-order valence-corrected chi connectivity index (χ4v) is 6.57. The van der Waals surface area contributed by atoms with Crippen LogP contribution in [0.5, 0.6) is 0 Å². The van der Waals surface area contributed by atoms with Gasteiger partial charge in [-0.05, 0) is 66.2 Å². The van der Waals surface area contributed by atoms with E-state index >= 15 is 0 Å². The van der Waals surface area contributed by atoms with Gasteiger partial charge in [0.25, 0.3) is 0 Å². The highest BCUT2D eigenvalue weighted by molar-refractivity contribution is 6.10. The van der Waals surface area contributed by atoms with Crippen molar-refractivity contribution in [1.29, 1.82) is 10.5 Å². The van der Waals surface area contributed by atoms with E-state index in [1.165, 1.54) is 6.07 Å². The first-order valence-electron chi connectivity index (χ1n) is 16.6. The Balaban J connectivity index is 1.47. The van der Waals surface area contributed by atoms with E-state index < -0.39 is 23.5 Å². The monoisotopic (exact) mass is 736 g/mol. The SMILES string of the molecule is N#Cc1ccc2c(c1)c1cc(C#N)ccc1n2-c1cc(-c2nc(-c3ccccc3)nc(-c3ccccc3)n2)ccc1-c1cc(C(F)(F)F)cc(C(F)(F)F)c1. The highest BCUT2D eigenvalue weighted by Gasteiger charge is 2.37. The fourth-order valence-electron chi connectivity index (χ4n) is 6.57. The molecule has 0 saturated heterocycles. The predicted octanol–water partition coefficient (Wildman–Crippen LogP) is 11.4. The van der Waals surface area contributed by atoms with Crippen LogP contribution in [0.15, 0.2) is 133 Å². The molecule has 12 heteroatoms. The van der Waals surface area contributed by atoms with Gasteiger partial charge in [0, 0.05) is 33.0 Å². The van der Waals surface area contributed by atoms with Crippen LogP contribution in [-0.2, 0) is 12.4 Å². The molecule has 266 valence electrons. The van der Waals surface area contributed by atoms with E-state index in [2.05, 4.69) is 12.1 Å². The van der Waals surface area contributed by atoms with Gasteiger partial charge in [0.15, 0.2) is 17.5 Å². The average molecular weight is 737 g/mol. The van der Waals surface area contributed by atoms with Gasteiger partial charge in [-0.1, -0.05) is 72.8 Å². The van der Waals surface area contributed by atoms with Crippen LogP contribution in [0.4, 0.5) is 26.3 Å². The molecule has 0 unspecified atom stereocenters. The second-order valence-corrected chi connectivity index (χ2v) is 12.6. The van der Waals surface area contributed by atoms with Crippen molar-refractivity contribution in [3.05, 3.63) is 156 Å². The van der Waals surface area contributed by atoms with Gasteiger partial charge in [0.05, 0.1) is 51.1 Å². The molecule has 0 saturated carbocycles. The minimum atomic E-state index is -5.09. The van der Waals surface area contributed by atoms with Gasteiger partial charge < -0.3 is 4.57 Å². The zero-order valence-electron chi connectivity index (χ0n) is 28.2. The van der Waals surface area contributed by atoms with Crippen LogP contribution < -0.4 is 0 Å². The van der Waals surface area contributed by atoms with Crippen molar-refractivity contribution in [3.8, 4) is 63.1 Å². The Morgan fingerprint density at radius 1 is 0.455 bits per heavy atom. The maximum atomic E-state index is 14.2. The van der Waals surface area contributed by atoms with Crippen molar-refractivity contribution in [3.63, 3.8) is 0 Å². The molecule has 0 N–H and O–H groups in total. The van der Waals surface area contributed by atoms with Crippen molar-refractivity contribution in [1.82, 2.24) is 19.5 Å². The minimum Gasteiger partial charge on any atom is -0.309 e. The van der Waals surface area contributed by atoms with Gasteiger partial charge in [-0.3, -0.25) is 0 Å². The topological polar surface area (TPSA) is 91.2 Å². The summed E-state index contributed by atoms with van der Waals surface area (Å²) >= 11 is 0. The van der Waals surface area contributed by atoms with Crippen LogP contribution >= 0.6 is 0 Å². The smallest absolute Gasteiger partial charge is 0.309 e. The molecular formula is C43H22F6N6. The molecule has 0 radical (unpaired) electrons. The summed E-state index contributed by atoms with van der Waals surface area (Å²) in [6, 6.07) is 38.2. The number of aromatic nitrogens is 4. The number of alkyl halides is 6. The molecule has 0 bridgehead atoms. The van der Waals surface area contributed by atoms with Crippen LogP contribution in [-0.4, -0.2) is 19.5 Å². The second-order valence-electron chi connectivity index (χ2n) is 12.6. The number of hydrogen-bond acceptors (Lipinski definition) is 5. The molecular weight excluding hydrogens is 715 g/mol. The third-order valence-electron chi connectivity index (χ3n) is 9.12. The van der Waals surface area contributed by atoms with E-state index in [-0.39, 0.29) is 28.7 Å². The standard InChI is InChI=1S/C43H22F6N6/c44-42(45,46)31-19-30(20-32(22-31)43(47,48)49)33-14-13-29(41-53-39(27-7-3-1-4-8-27)52-40(54-41)28-9-5-2-6-10-28)21-38(33)55-36-15-11-25(23-50)17-34(36)35-18-26(24-51)12-16-37(35)55/h1-22H. The molecule has 0 aliphatic rings. The Morgan fingerprint density at radius 3 is 1.35 bits per heavy atom. The lowest BCUT2D eigenvalue weighted by molar-refractivity contribution is -0.143. The quantitative estimate of drug-likeness (QED) is 0.164. The summed E-state index contributed by atoms with van der Waals surface area (Å²) < 4.78 is 86.8. The van der Waals surface area contributed by atoms with Crippen molar-refractivity contribution < 1.29 is 26.3 Å². The highest BCUT2D eigenvalue weighted by atomic mass is 19.4. The van der Waals surface area contributed by atoms with Gasteiger partial charge >= 0.3 is 12.4 Å². The first-order valence-corrected chi connectivity index (χ1v) is 16.6. The molecule has 55 heavy (non-hydrogen) atoms. The molecule has 0 spiro atoms. The van der Waals surface area contributed by atoms with Gasteiger partial charge in [0.1, 0.15) is 0 Å². The van der Waals surface area contributed by atoms with E-state index in [0.29, 0.717) is 73.4 Å². The maximum absolute atomic E-state index is 14.2. The number of fused-ring (bicyclic) bond motifs is 3. The van der Waals surface area contributed by atoms with E-state index in [4.69, 9.17) is 15.0 Å². The Labute approximate surface area is 308 Å². The van der Waals surface area contributed by atoms with Crippen molar-refractivity contribution in [2.24, 2.45) is 0 Å². The van der Waals surface area contributed by atoms with Crippen molar-refractivity contribution in [2.45, 2.75) is 12.4 Å². The lowest BCUT2D eigenvalue weighted by Gasteiger charge is -2.19. The Kier molecular flexibility index (Phi) is 8.39. The lowest BCUT2D eigenvalue weighted by Crippen LogP contribution is -2.11. The third-order valence-corrected chi connectivity index (χ3v) is 9.12. The van der Waals surface area contributed by atoms with E-state index in [9.17, 15) is 36.9 Å². The summed E-state index contributed by atoms with van der Waals surface area (Å²) in [5.74, 6) is 0.875. The van der Waals surface area contributed by atoms with Crippen LogP contribution in [0.2, 0.25) is 0 Å². The molecule has 0 aliphatic carbocycles. The predicted molar refractivity (Wildman–Crippen MR) is 195 cm³/mol. The number of nitriles is 2.